The van der Waals surface area contributed by atoms with Crippen LogP contribution in [0.5, 0.6) is 0 Å². The molecule has 1 heteroatoms. The molecule has 0 saturated carbocycles. The van der Waals surface area contributed by atoms with E-state index in [-0.39, 0.29) is 0 Å². The molecule has 0 bridgehead atoms. The van der Waals surface area contributed by atoms with Crippen LogP contribution >= 0.6 is 0 Å². The molecule has 0 heterocycles. The summed E-state index contributed by atoms with van der Waals surface area (Å²) in [5, 5.41) is 8.46. The van der Waals surface area contributed by atoms with E-state index < -0.39 is 0 Å². The van der Waals surface area contributed by atoms with Crippen molar-refractivity contribution in [1.29, 1.82) is 5.26 Å². The highest BCUT2D eigenvalue weighted by Gasteiger charge is 1.99. The molecule has 0 saturated heterocycles. The normalized spacial score (nSPS) is 12.4. The van der Waals surface area contributed by atoms with Crippen LogP contribution in [0.4, 0.5) is 0 Å². The third kappa shape index (κ3) is 9.40. The second-order valence-electron chi connectivity index (χ2n) is 4.02. The Bertz CT molecular complexity index is 135. The van der Waals surface area contributed by atoms with Crippen molar-refractivity contribution in [2.45, 2.75) is 65.2 Å². The number of unbranched alkanes of at least 4 members (excludes halogenated alkanes) is 5. The highest BCUT2D eigenvalue weighted by molar-refractivity contribution is 4.72. The van der Waals surface area contributed by atoms with Gasteiger partial charge in [-0.15, -0.1) is 0 Å². The fraction of sp³-hybridized carbons (Fsp3) is 0.917. The summed E-state index contributed by atoms with van der Waals surface area (Å²) in [7, 11) is 0. The van der Waals surface area contributed by atoms with Gasteiger partial charge in [0.25, 0.3) is 0 Å². The maximum atomic E-state index is 8.46. The van der Waals surface area contributed by atoms with Crippen molar-refractivity contribution in [3.63, 3.8) is 0 Å². The number of nitrogens with zero attached hydrogens (tertiary/aromatic N) is 1. The molecule has 0 aliphatic carbocycles. The molecule has 1 atom stereocenters. The first kappa shape index (κ1) is 12.5. The molecule has 0 aromatic carbocycles. The van der Waals surface area contributed by atoms with Gasteiger partial charge in [-0.05, 0) is 12.3 Å². The van der Waals surface area contributed by atoms with Crippen LogP contribution in [0.2, 0.25) is 0 Å². The van der Waals surface area contributed by atoms with Crippen LogP contribution in [-0.4, -0.2) is 0 Å². The van der Waals surface area contributed by atoms with E-state index in [1.165, 1.54) is 44.9 Å². The van der Waals surface area contributed by atoms with Gasteiger partial charge in [0.1, 0.15) is 0 Å². The highest BCUT2D eigenvalue weighted by Crippen LogP contribution is 2.13. The average molecular weight is 181 g/mol. The van der Waals surface area contributed by atoms with Gasteiger partial charge in [-0.25, -0.2) is 0 Å². The quantitative estimate of drug-likeness (QED) is 0.512. The smallest absolute Gasteiger partial charge is 0.0624 e. The third-order valence-corrected chi connectivity index (χ3v) is 2.49. The number of nitriles is 1. The summed E-state index contributed by atoms with van der Waals surface area (Å²) in [6.45, 7) is 4.42. The van der Waals surface area contributed by atoms with Crippen molar-refractivity contribution in [1.82, 2.24) is 0 Å². The Kier molecular flexibility index (Phi) is 9.20. The lowest BCUT2D eigenvalue weighted by atomic mass is 10.00. The van der Waals surface area contributed by atoms with Crippen molar-refractivity contribution < 1.29 is 0 Å². The zero-order valence-corrected chi connectivity index (χ0v) is 9.18. The maximum absolute atomic E-state index is 8.46. The predicted octanol–water partition coefficient (Wildman–Crippen LogP) is 4.29. The summed E-state index contributed by atoms with van der Waals surface area (Å²) < 4.78 is 0. The molecular weight excluding hydrogens is 158 g/mol. The van der Waals surface area contributed by atoms with Crippen molar-refractivity contribution >= 4 is 0 Å². The van der Waals surface area contributed by atoms with Crippen LogP contribution in [0, 0.1) is 17.2 Å². The first-order valence-electron chi connectivity index (χ1n) is 5.68. The summed E-state index contributed by atoms with van der Waals surface area (Å²) in [6, 6.07) is 2.23. The van der Waals surface area contributed by atoms with Crippen molar-refractivity contribution in [3.8, 4) is 6.07 Å². The van der Waals surface area contributed by atoms with Crippen LogP contribution in [0.15, 0.2) is 0 Å². The maximum Gasteiger partial charge on any atom is 0.0624 e. The fourth-order valence-corrected chi connectivity index (χ4v) is 1.53. The topological polar surface area (TPSA) is 23.8 Å². The minimum absolute atomic E-state index is 0.608. The Labute approximate surface area is 83.1 Å². The molecule has 0 N–H and O–H groups in total. The molecule has 0 spiro atoms. The van der Waals surface area contributed by atoms with E-state index in [4.69, 9.17) is 5.26 Å². The van der Waals surface area contributed by atoms with Gasteiger partial charge in [0.15, 0.2) is 0 Å². The lowest BCUT2D eigenvalue weighted by Gasteiger charge is -2.05. The van der Waals surface area contributed by atoms with E-state index in [0.717, 1.165) is 6.42 Å². The number of rotatable bonds is 8. The molecule has 76 valence electrons. The Hall–Kier alpha value is -0.510. The summed E-state index contributed by atoms with van der Waals surface area (Å²) in [4.78, 5) is 0. The average Bonchev–Trinajstić information content (AvgIpc) is 2.11. The van der Waals surface area contributed by atoms with Crippen LogP contribution in [0.25, 0.3) is 0 Å². The first-order chi connectivity index (χ1) is 6.31. The zero-order chi connectivity index (χ0) is 9.94. The van der Waals surface area contributed by atoms with Crippen LogP contribution < -0.4 is 0 Å². The summed E-state index contributed by atoms with van der Waals surface area (Å²) in [6.07, 6.45) is 10.1. The molecule has 0 radical (unpaired) electrons. The molecule has 0 fully saturated rings. The van der Waals surface area contributed by atoms with Gasteiger partial charge in [0.05, 0.1) is 6.07 Å². The van der Waals surface area contributed by atoms with Crippen molar-refractivity contribution in [2.24, 2.45) is 5.92 Å². The molecular formula is C12H23N. The van der Waals surface area contributed by atoms with Gasteiger partial charge in [0.2, 0.25) is 0 Å². The van der Waals surface area contributed by atoms with E-state index in [2.05, 4.69) is 19.9 Å². The standard InChI is InChI=1S/C12H23N/c1-3-4-5-6-7-8-9-12(2)10-11-13/h12H,3-10H2,1-2H3. The minimum Gasteiger partial charge on any atom is -0.198 e. The second kappa shape index (κ2) is 9.58. The Morgan fingerprint density at radius 3 is 2.31 bits per heavy atom. The summed E-state index contributed by atoms with van der Waals surface area (Å²) >= 11 is 0. The molecule has 13 heavy (non-hydrogen) atoms. The van der Waals surface area contributed by atoms with Gasteiger partial charge >= 0.3 is 0 Å². The van der Waals surface area contributed by atoms with Crippen LogP contribution in [-0.2, 0) is 0 Å². The molecule has 1 nitrogen and oxygen atoms in total. The monoisotopic (exact) mass is 181 g/mol. The van der Waals surface area contributed by atoms with E-state index in [1.54, 1.807) is 0 Å². The Morgan fingerprint density at radius 2 is 1.69 bits per heavy atom. The summed E-state index contributed by atoms with van der Waals surface area (Å²) in [5.41, 5.74) is 0. The van der Waals surface area contributed by atoms with Gasteiger partial charge in [-0.2, -0.15) is 5.26 Å². The van der Waals surface area contributed by atoms with Crippen LogP contribution in [0.1, 0.15) is 65.2 Å². The molecule has 0 aromatic heterocycles. The predicted molar refractivity (Wildman–Crippen MR) is 57.4 cm³/mol. The molecule has 0 rings (SSSR count). The molecule has 0 aliphatic rings. The highest BCUT2D eigenvalue weighted by atomic mass is 14.2. The minimum atomic E-state index is 0.608. The van der Waals surface area contributed by atoms with E-state index >= 15 is 0 Å². The lowest BCUT2D eigenvalue weighted by Crippen LogP contribution is -1.92. The van der Waals surface area contributed by atoms with Crippen molar-refractivity contribution in [3.05, 3.63) is 0 Å². The molecule has 0 amide bonds. The van der Waals surface area contributed by atoms with Gasteiger partial charge < -0.3 is 0 Å². The Balaban J connectivity index is 3.03. The fourth-order valence-electron chi connectivity index (χ4n) is 1.53. The lowest BCUT2D eigenvalue weighted by molar-refractivity contribution is 0.490. The first-order valence-corrected chi connectivity index (χ1v) is 5.68. The molecule has 0 aliphatic heterocycles. The summed E-state index contributed by atoms with van der Waals surface area (Å²) in [5.74, 6) is 0.608. The van der Waals surface area contributed by atoms with Gasteiger partial charge in [-0.3, -0.25) is 0 Å². The van der Waals surface area contributed by atoms with E-state index in [0.29, 0.717) is 5.92 Å². The largest absolute Gasteiger partial charge is 0.198 e. The Morgan fingerprint density at radius 1 is 1.08 bits per heavy atom. The number of hydrogen-bond acceptors (Lipinski definition) is 1. The second-order valence-corrected chi connectivity index (χ2v) is 4.02. The zero-order valence-electron chi connectivity index (χ0n) is 9.18. The molecule has 0 aromatic rings. The van der Waals surface area contributed by atoms with Gasteiger partial charge in [-0.1, -0.05) is 52.4 Å². The van der Waals surface area contributed by atoms with Crippen LogP contribution in [0.3, 0.4) is 0 Å². The SMILES string of the molecule is CCCCCCCCC(C)CC#N. The van der Waals surface area contributed by atoms with E-state index in [9.17, 15) is 0 Å². The van der Waals surface area contributed by atoms with E-state index in [1.807, 2.05) is 0 Å². The molecule has 1 unspecified atom stereocenters. The number of hydrogen-bond donors (Lipinski definition) is 0. The third-order valence-electron chi connectivity index (χ3n) is 2.49. The van der Waals surface area contributed by atoms with Crippen molar-refractivity contribution in [2.75, 3.05) is 0 Å². The van der Waals surface area contributed by atoms with Gasteiger partial charge in [0, 0.05) is 6.42 Å².